The Morgan fingerprint density at radius 2 is 2.26 bits per heavy atom. The summed E-state index contributed by atoms with van der Waals surface area (Å²) in [6.07, 6.45) is 4.46. The second kappa shape index (κ2) is 6.20. The molecule has 1 saturated heterocycles. The van der Waals surface area contributed by atoms with Crippen molar-refractivity contribution < 1.29 is 9.90 Å². The van der Waals surface area contributed by atoms with E-state index in [0.717, 1.165) is 36.9 Å². The number of piperidine rings is 1. The number of nitrogens with zero attached hydrogens (tertiary/aromatic N) is 1. The van der Waals surface area contributed by atoms with Crippen molar-refractivity contribution in [2.45, 2.75) is 51.6 Å². The van der Waals surface area contributed by atoms with Crippen molar-refractivity contribution in [3.63, 3.8) is 0 Å². The highest BCUT2D eigenvalue weighted by Gasteiger charge is 2.33. The molecule has 2 unspecified atom stereocenters. The number of carboxylic acid groups (broad SMARTS) is 1. The maximum absolute atomic E-state index is 11.7. The molecule has 1 aliphatic rings. The third kappa shape index (κ3) is 3.16. The monoisotopic (exact) mass is 261 g/mol. The van der Waals surface area contributed by atoms with E-state index >= 15 is 0 Å². The van der Waals surface area contributed by atoms with Gasteiger partial charge in [-0.1, -0.05) is 43.2 Å². The van der Waals surface area contributed by atoms with E-state index in [2.05, 4.69) is 11.8 Å². The number of hydrogen-bond acceptors (Lipinski definition) is 2. The van der Waals surface area contributed by atoms with Crippen LogP contribution in [0.1, 0.15) is 49.8 Å². The van der Waals surface area contributed by atoms with Gasteiger partial charge in [0.1, 0.15) is 6.04 Å². The van der Waals surface area contributed by atoms with Gasteiger partial charge in [0.25, 0.3) is 0 Å². The van der Waals surface area contributed by atoms with Crippen LogP contribution in [0.4, 0.5) is 0 Å². The molecule has 104 valence electrons. The second-order valence-corrected chi connectivity index (χ2v) is 5.45. The lowest BCUT2D eigenvalue weighted by Crippen LogP contribution is -2.44. The highest BCUT2D eigenvalue weighted by atomic mass is 16.4. The second-order valence-electron chi connectivity index (χ2n) is 5.45. The lowest BCUT2D eigenvalue weighted by Gasteiger charge is -2.39. The van der Waals surface area contributed by atoms with Crippen molar-refractivity contribution in [3.05, 3.63) is 35.4 Å². The van der Waals surface area contributed by atoms with E-state index in [4.69, 9.17) is 0 Å². The average Bonchev–Trinajstić information content (AvgIpc) is 2.39. The van der Waals surface area contributed by atoms with E-state index in [-0.39, 0.29) is 0 Å². The molecule has 1 aliphatic heterocycles. The lowest BCUT2D eigenvalue weighted by molar-refractivity contribution is -0.145. The number of aryl methyl sites for hydroxylation is 1. The SMILES string of the molecule is CCC1CCCCN1C(C(=O)O)c1cccc(C)c1. The van der Waals surface area contributed by atoms with Gasteiger partial charge >= 0.3 is 5.97 Å². The van der Waals surface area contributed by atoms with Crippen LogP contribution in [0.25, 0.3) is 0 Å². The summed E-state index contributed by atoms with van der Waals surface area (Å²) in [5, 5.41) is 9.64. The first kappa shape index (κ1) is 14.1. The maximum atomic E-state index is 11.7. The molecular weight excluding hydrogens is 238 g/mol. The third-order valence-corrected chi connectivity index (χ3v) is 4.07. The first-order valence-corrected chi connectivity index (χ1v) is 7.18. The Bertz CT molecular complexity index is 444. The van der Waals surface area contributed by atoms with E-state index in [1.165, 1.54) is 6.42 Å². The number of rotatable bonds is 4. The average molecular weight is 261 g/mol. The Balaban J connectivity index is 2.31. The smallest absolute Gasteiger partial charge is 0.325 e. The summed E-state index contributed by atoms with van der Waals surface area (Å²) in [5.41, 5.74) is 2.03. The van der Waals surface area contributed by atoms with Crippen LogP contribution >= 0.6 is 0 Å². The van der Waals surface area contributed by atoms with Gasteiger partial charge in [0, 0.05) is 6.04 Å². The van der Waals surface area contributed by atoms with Gasteiger partial charge in [-0.05, 0) is 38.3 Å². The molecule has 1 fully saturated rings. The number of carboxylic acids is 1. The van der Waals surface area contributed by atoms with Gasteiger partial charge < -0.3 is 5.11 Å². The van der Waals surface area contributed by atoms with E-state index in [9.17, 15) is 9.90 Å². The molecule has 19 heavy (non-hydrogen) atoms. The summed E-state index contributed by atoms with van der Waals surface area (Å²) >= 11 is 0. The fraction of sp³-hybridized carbons (Fsp3) is 0.562. The minimum atomic E-state index is -0.731. The van der Waals surface area contributed by atoms with E-state index in [1.807, 2.05) is 31.2 Å². The van der Waals surface area contributed by atoms with Crippen LogP contribution in [0.2, 0.25) is 0 Å². The Labute approximate surface area is 115 Å². The maximum Gasteiger partial charge on any atom is 0.325 e. The van der Waals surface area contributed by atoms with Gasteiger partial charge in [0.15, 0.2) is 0 Å². The Morgan fingerprint density at radius 3 is 2.89 bits per heavy atom. The van der Waals surface area contributed by atoms with Crippen LogP contribution in [0.15, 0.2) is 24.3 Å². The zero-order chi connectivity index (χ0) is 13.8. The molecule has 2 rings (SSSR count). The lowest BCUT2D eigenvalue weighted by atomic mass is 9.94. The minimum Gasteiger partial charge on any atom is -0.480 e. The summed E-state index contributed by atoms with van der Waals surface area (Å²) in [7, 11) is 0. The normalized spacial score (nSPS) is 22.1. The zero-order valence-corrected chi connectivity index (χ0v) is 11.8. The summed E-state index contributed by atoms with van der Waals surface area (Å²) in [4.78, 5) is 13.9. The summed E-state index contributed by atoms with van der Waals surface area (Å²) < 4.78 is 0. The van der Waals surface area contributed by atoms with E-state index in [0.29, 0.717) is 6.04 Å². The Kier molecular flexibility index (Phi) is 4.59. The van der Waals surface area contributed by atoms with Crippen LogP contribution in [0.5, 0.6) is 0 Å². The van der Waals surface area contributed by atoms with Gasteiger partial charge in [0.05, 0.1) is 0 Å². The van der Waals surface area contributed by atoms with E-state index in [1.54, 1.807) is 0 Å². The number of aliphatic carboxylic acids is 1. The van der Waals surface area contributed by atoms with E-state index < -0.39 is 12.0 Å². The number of benzene rings is 1. The highest BCUT2D eigenvalue weighted by Crippen LogP contribution is 2.30. The molecular formula is C16H23NO2. The van der Waals surface area contributed by atoms with Crippen LogP contribution in [0, 0.1) is 6.92 Å². The molecule has 0 amide bonds. The molecule has 1 aromatic rings. The van der Waals surface area contributed by atoms with Crippen molar-refractivity contribution in [2.24, 2.45) is 0 Å². The Morgan fingerprint density at radius 1 is 1.47 bits per heavy atom. The molecule has 0 aromatic heterocycles. The summed E-state index contributed by atoms with van der Waals surface area (Å²) in [5.74, 6) is -0.731. The molecule has 0 aliphatic carbocycles. The topological polar surface area (TPSA) is 40.5 Å². The Hall–Kier alpha value is -1.35. The third-order valence-electron chi connectivity index (χ3n) is 4.07. The fourth-order valence-electron chi connectivity index (χ4n) is 3.12. The van der Waals surface area contributed by atoms with Gasteiger partial charge in [-0.15, -0.1) is 0 Å². The number of carbonyl (C=O) groups is 1. The van der Waals surface area contributed by atoms with Crippen LogP contribution in [-0.2, 0) is 4.79 Å². The van der Waals surface area contributed by atoms with Crippen molar-refractivity contribution in [1.82, 2.24) is 4.90 Å². The molecule has 0 spiro atoms. The molecule has 1 N–H and O–H groups in total. The predicted molar refractivity (Wildman–Crippen MR) is 76.2 cm³/mol. The van der Waals surface area contributed by atoms with Crippen LogP contribution < -0.4 is 0 Å². The van der Waals surface area contributed by atoms with Crippen molar-refractivity contribution in [3.8, 4) is 0 Å². The van der Waals surface area contributed by atoms with Gasteiger partial charge in [-0.2, -0.15) is 0 Å². The molecule has 2 atom stereocenters. The predicted octanol–water partition coefficient (Wildman–Crippen LogP) is 3.39. The number of likely N-dealkylation sites (tertiary alicyclic amines) is 1. The van der Waals surface area contributed by atoms with Crippen molar-refractivity contribution >= 4 is 5.97 Å². The molecule has 0 saturated carbocycles. The van der Waals surface area contributed by atoms with Gasteiger partial charge in [-0.3, -0.25) is 9.69 Å². The zero-order valence-electron chi connectivity index (χ0n) is 11.8. The number of hydrogen-bond donors (Lipinski definition) is 1. The molecule has 3 nitrogen and oxygen atoms in total. The van der Waals surface area contributed by atoms with Crippen LogP contribution in [-0.4, -0.2) is 28.6 Å². The molecule has 0 bridgehead atoms. The van der Waals surface area contributed by atoms with Crippen LogP contribution in [0.3, 0.4) is 0 Å². The first-order chi connectivity index (χ1) is 9.13. The fourth-order valence-corrected chi connectivity index (χ4v) is 3.12. The highest BCUT2D eigenvalue weighted by molar-refractivity contribution is 5.75. The molecule has 1 aromatic carbocycles. The van der Waals surface area contributed by atoms with Gasteiger partial charge in [-0.25, -0.2) is 0 Å². The largest absolute Gasteiger partial charge is 0.480 e. The summed E-state index contributed by atoms with van der Waals surface area (Å²) in [6, 6.07) is 7.80. The first-order valence-electron chi connectivity index (χ1n) is 7.18. The quantitative estimate of drug-likeness (QED) is 0.903. The van der Waals surface area contributed by atoms with Crippen molar-refractivity contribution in [2.75, 3.05) is 6.54 Å². The molecule has 0 radical (unpaired) electrons. The molecule has 3 heteroatoms. The summed E-state index contributed by atoms with van der Waals surface area (Å²) in [6.45, 7) is 5.05. The van der Waals surface area contributed by atoms with Gasteiger partial charge in [0.2, 0.25) is 0 Å². The molecule has 1 heterocycles. The standard InChI is InChI=1S/C16H23NO2/c1-3-14-9-4-5-10-17(14)15(16(18)19)13-8-6-7-12(2)11-13/h6-8,11,14-15H,3-5,9-10H2,1-2H3,(H,18,19). The van der Waals surface area contributed by atoms with Crippen molar-refractivity contribution in [1.29, 1.82) is 0 Å². The minimum absolute atomic E-state index is 0.398.